The molecule has 2 amide bonds. The molecule has 3 rings (SSSR count). The van der Waals surface area contributed by atoms with Crippen molar-refractivity contribution in [3.63, 3.8) is 0 Å². The predicted octanol–water partition coefficient (Wildman–Crippen LogP) is 2.91. The van der Waals surface area contributed by atoms with Crippen molar-refractivity contribution in [2.45, 2.75) is 19.9 Å². The summed E-state index contributed by atoms with van der Waals surface area (Å²) in [5.41, 5.74) is 2.04. The Morgan fingerprint density at radius 1 is 1.28 bits per heavy atom. The summed E-state index contributed by atoms with van der Waals surface area (Å²) in [5.74, 6) is 0.901. The van der Waals surface area contributed by atoms with Gasteiger partial charge in [0.25, 0.3) is 11.8 Å². The minimum atomic E-state index is -0.204. The Morgan fingerprint density at radius 3 is 2.76 bits per heavy atom. The second-order valence-corrected chi connectivity index (χ2v) is 5.74. The standard InChI is InChI=1S/C19H20N2O4/c1-3-24-15-7-4-13(5-8-15)12(2)20-19(23)14-6-9-16-17(10-14)25-11-18(22)21-16/h4-10,12H,3,11H2,1-2H3,(H,20,23)(H,21,22)/t12-/m0/s1. The number of carbonyl (C=O) groups is 2. The number of nitrogens with one attached hydrogen (secondary N) is 2. The van der Waals surface area contributed by atoms with Gasteiger partial charge in [-0.1, -0.05) is 12.1 Å². The number of amides is 2. The average Bonchev–Trinajstić information content (AvgIpc) is 2.62. The van der Waals surface area contributed by atoms with Crippen molar-refractivity contribution < 1.29 is 19.1 Å². The van der Waals surface area contributed by atoms with Crippen LogP contribution in [0.1, 0.15) is 35.8 Å². The first-order valence-corrected chi connectivity index (χ1v) is 8.17. The number of carbonyl (C=O) groups excluding carboxylic acids is 2. The Labute approximate surface area is 146 Å². The number of hydrogen-bond donors (Lipinski definition) is 2. The van der Waals surface area contributed by atoms with Crippen molar-refractivity contribution in [2.75, 3.05) is 18.5 Å². The highest BCUT2D eigenvalue weighted by Gasteiger charge is 2.18. The highest BCUT2D eigenvalue weighted by molar-refractivity contribution is 5.99. The van der Waals surface area contributed by atoms with Crippen LogP contribution in [-0.4, -0.2) is 25.0 Å². The van der Waals surface area contributed by atoms with Crippen LogP contribution in [0, 0.1) is 0 Å². The lowest BCUT2D eigenvalue weighted by Crippen LogP contribution is -2.28. The molecule has 0 saturated heterocycles. The first kappa shape index (κ1) is 16.8. The zero-order valence-electron chi connectivity index (χ0n) is 14.2. The van der Waals surface area contributed by atoms with E-state index in [0.29, 0.717) is 23.6 Å². The van der Waals surface area contributed by atoms with E-state index in [1.165, 1.54) is 0 Å². The van der Waals surface area contributed by atoms with Crippen molar-refractivity contribution in [2.24, 2.45) is 0 Å². The summed E-state index contributed by atoms with van der Waals surface area (Å²) in [7, 11) is 0. The molecule has 0 radical (unpaired) electrons. The number of rotatable bonds is 5. The summed E-state index contributed by atoms with van der Waals surface area (Å²) < 4.78 is 10.8. The first-order chi connectivity index (χ1) is 12.1. The van der Waals surface area contributed by atoms with E-state index in [1.54, 1.807) is 18.2 Å². The van der Waals surface area contributed by atoms with Crippen LogP contribution in [0.15, 0.2) is 42.5 Å². The molecule has 2 aromatic carbocycles. The molecular formula is C19H20N2O4. The molecule has 0 saturated carbocycles. The SMILES string of the molecule is CCOc1ccc([C@H](C)NC(=O)c2ccc3c(c2)OCC(=O)N3)cc1. The molecule has 0 spiro atoms. The molecule has 0 fully saturated rings. The monoisotopic (exact) mass is 340 g/mol. The maximum Gasteiger partial charge on any atom is 0.262 e. The Kier molecular flexibility index (Phi) is 4.88. The van der Waals surface area contributed by atoms with Crippen molar-refractivity contribution in [1.29, 1.82) is 0 Å². The summed E-state index contributed by atoms with van der Waals surface area (Å²) in [6.45, 7) is 4.43. The van der Waals surface area contributed by atoms with Crippen LogP contribution >= 0.6 is 0 Å². The predicted molar refractivity (Wildman–Crippen MR) is 94.1 cm³/mol. The Balaban J connectivity index is 1.68. The summed E-state index contributed by atoms with van der Waals surface area (Å²) >= 11 is 0. The lowest BCUT2D eigenvalue weighted by molar-refractivity contribution is -0.118. The van der Waals surface area contributed by atoms with Gasteiger partial charge in [0, 0.05) is 5.56 Å². The third kappa shape index (κ3) is 3.91. The van der Waals surface area contributed by atoms with Gasteiger partial charge in [-0.15, -0.1) is 0 Å². The van der Waals surface area contributed by atoms with Crippen LogP contribution in [0.5, 0.6) is 11.5 Å². The van der Waals surface area contributed by atoms with Crippen molar-refractivity contribution >= 4 is 17.5 Å². The van der Waals surface area contributed by atoms with Gasteiger partial charge in [0.1, 0.15) is 11.5 Å². The molecule has 0 unspecified atom stereocenters. The zero-order chi connectivity index (χ0) is 17.8. The summed E-state index contributed by atoms with van der Waals surface area (Å²) in [5, 5.41) is 5.66. The number of ether oxygens (including phenoxy) is 2. The Bertz CT molecular complexity index is 787. The zero-order valence-corrected chi connectivity index (χ0v) is 14.2. The summed E-state index contributed by atoms with van der Waals surface area (Å²) in [6.07, 6.45) is 0. The third-order valence-electron chi connectivity index (χ3n) is 3.92. The van der Waals surface area contributed by atoms with E-state index in [-0.39, 0.29) is 24.5 Å². The Hall–Kier alpha value is -3.02. The largest absolute Gasteiger partial charge is 0.494 e. The highest BCUT2D eigenvalue weighted by Crippen LogP contribution is 2.28. The first-order valence-electron chi connectivity index (χ1n) is 8.17. The normalized spacial score (nSPS) is 13.9. The molecule has 1 heterocycles. The number of anilines is 1. The molecule has 1 aliphatic heterocycles. The lowest BCUT2D eigenvalue weighted by Gasteiger charge is -2.19. The quantitative estimate of drug-likeness (QED) is 0.877. The van der Waals surface area contributed by atoms with Crippen molar-refractivity contribution in [3.05, 3.63) is 53.6 Å². The van der Waals surface area contributed by atoms with Crippen LogP contribution in [0.25, 0.3) is 0 Å². The molecule has 2 N–H and O–H groups in total. The van der Waals surface area contributed by atoms with Gasteiger partial charge in [-0.2, -0.15) is 0 Å². The fourth-order valence-corrected chi connectivity index (χ4v) is 2.60. The number of fused-ring (bicyclic) bond motifs is 1. The second kappa shape index (κ2) is 7.25. The highest BCUT2D eigenvalue weighted by atomic mass is 16.5. The minimum absolute atomic E-state index is 0.0410. The van der Waals surface area contributed by atoms with Gasteiger partial charge >= 0.3 is 0 Å². The molecule has 1 atom stereocenters. The average molecular weight is 340 g/mol. The summed E-state index contributed by atoms with van der Waals surface area (Å²) in [4.78, 5) is 23.8. The van der Waals surface area contributed by atoms with E-state index in [9.17, 15) is 9.59 Å². The van der Waals surface area contributed by atoms with E-state index >= 15 is 0 Å². The van der Waals surface area contributed by atoms with Crippen molar-refractivity contribution in [1.82, 2.24) is 5.32 Å². The minimum Gasteiger partial charge on any atom is -0.494 e. The second-order valence-electron chi connectivity index (χ2n) is 5.74. The van der Waals surface area contributed by atoms with Crippen LogP contribution in [0.4, 0.5) is 5.69 Å². The van der Waals surface area contributed by atoms with Crippen LogP contribution in [-0.2, 0) is 4.79 Å². The molecule has 1 aliphatic rings. The van der Waals surface area contributed by atoms with Crippen molar-refractivity contribution in [3.8, 4) is 11.5 Å². The maximum atomic E-state index is 12.5. The third-order valence-corrected chi connectivity index (χ3v) is 3.92. The van der Waals surface area contributed by atoms with Gasteiger partial charge in [0.15, 0.2) is 6.61 Å². The Morgan fingerprint density at radius 2 is 2.04 bits per heavy atom. The van der Waals surface area contributed by atoms with Gasteiger partial charge in [-0.05, 0) is 49.7 Å². The fraction of sp³-hybridized carbons (Fsp3) is 0.263. The molecule has 0 aliphatic carbocycles. The van der Waals surface area contributed by atoms with Gasteiger partial charge in [0.05, 0.1) is 18.3 Å². The smallest absolute Gasteiger partial charge is 0.262 e. The van der Waals surface area contributed by atoms with Crippen LogP contribution in [0.3, 0.4) is 0 Å². The molecule has 25 heavy (non-hydrogen) atoms. The lowest BCUT2D eigenvalue weighted by atomic mass is 10.1. The number of benzene rings is 2. The van der Waals surface area contributed by atoms with Gasteiger partial charge in [0.2, 0.25) is 0 Å². The van der Waals surface area contributed by atoms with E-state index in [4.69, 9.17) is 9.47 Å². The molecular weight excluding hydrogens is 320 g/mol. The van der Waals surface area contributed by atoms with E-state index in [1.807, 2.05) is 38.1 Å². The van der Waals surface area contributed by atoms with Gasteiger partial charge in [-0.3, -0.25) is 9.59 Å². The van der Waals surface area contributed by atoms with Crippen LogP contribution in [0.2, 0.25) is 0 Å². The molecule has 130 valence electrons. The molecule has 6 nitrogen and oxygen atoms in total. The van der Waals surface area contributed by atoms with Gasteiger partial charge in [-0.25, -0.2) is 0 Å². The topological polar surface area (TPSA) is 76.7 Å². The van der Waals surface area contributed by atoms with E-state index < -0.39 is 0 Å². The van der Waals surface area contributed by atoms with E-state index in [2.05, 4.69) is 10.6 Å². The van der Waals surface area contributed by atoms with E-state index in [0.717, 1.165) is 11.3 Å². The maximum absolute atomic E-state index is 12.5. The summed E-state index contributed by atoms with van der Waals surface area (Å²) in [6, 6.07) is 12.4. The molecule has 0 aromatic heterocycles. The fourth-order valence-electron chi connectivity index (χ4n) is 2.60. The molecule has 6 heteroatoms. The number of hydrogen-bond acceptors (Lipinski definition) is 4. The van der Waals surface area contributed by atoms with Gasteiger partial charge < -0.3 is 20.1 Å². The molecule has 2 aromatic rings. The van der Waals surface area contributed by atoms with Crippen LogP contribution < -0.4 is 20.1 Å². The molecule has 0 bridgehead atoms.